The summed E-state index contributed by atoms with van der Waals surface area (Å²) in [6, 6.07) is 5.90. The normalized spacial score (nSPS) is 19.5. The number of benzene rings is 1. The molecule has 1 fully saturated rings. The molecule has 2 rings (SSSR count). The summed E-state index contributed by atoms with van der Waals surface area (Å²) in [6.45, 7) is 4.50. The van der Waals surface area contributed by atoms with Crippen molar-refractivity contribution in [1.29, 1.82) is 0 Å². The highest BCUT2D eigenvalue weighted by Gasteiger charge is 2.35. The maximum Gasteiger partial charge on any atom is 0.408 e. The highest BCUT2D eigenvalue weighted by atomic mass is 35.5. The summed E-state index contributed by atoms with van der Waals surface area (Å²) < 4.78 is 5.16. The Hall–Kier alpha value is -1.63. The molecule has 0 aliphatic carbocycles. The van der Waals surface area contributed by atoms with Crippen LogP contribution in [0.15, 0.2) is 24.3 Å². The van der Waals surface area contributed by atoms with Gasteiger partial charge in [-0.15, -0.1) is 0 Å². The highest BCUT2D eigenvalue weighted by Crippen LogP contribution is 2.15. The number of carbonyl (C=O) groups excluding carboxylic acids is 2. The minimum absolute atomic E-state index is 0.0781. The van der Waals surface area contributed by atoms with Crippen LogP contribution >= 0.6 is 11.6 Å². The Morgan fingerprint density at radius 2 is 2.04 bits per heavy atom. The summed E-state index contributed by atoms with van der Waals surface area (Å²) in [4.78, 5) is 24.6. The number of alkyl carbamates (subject to hydrolysis) is 1. The van der Waals surface area contributed by atoms with Crippen molar-refractivity contribution < 1.29 is 19.4 Å². The van der Waals surface area contributed by atoms with Crippen LogP contribution in [-0.4, -0.2) is 41.7 Å². The third-order valence-electron chi connectivity index (χ3n) is 4.30. The van der Waals surface area contributed by atoms with Crippen LogP contribution in [0.2, 0.25) is 5.02 Å². The third kappa shape index (κ3) is 5.70. The average molecular weight is 369 g/mol. The van der Waals surface area contributed by atoms with Crippen molar-refractivity contribution in [3.05, 3.63) is 34.9 Å². The Morgan fingerprint density at radius 3 is 2.60 bits per heavy atom. The van der Waals surface area contributed by atoms with Crippen LogP contribution in [-0.2, 0) is 16.1 Å². The zero-order valence-electron chi connectivity index (χ0n) is 14.5. The molecule has 0 spiro atoms. The van der Waals surface area contributed by atoms with Crippen molar-refractivity contribution in [1.82, 2.24) is 10.6 Å². The molecule has 1 saturated heterocycles. The van der Waals surface area contributed by atoms with Gasteiger partial charge in [-0.1, -0.05) is 37.6 Å². The molecule has 1 amide bonds. The first-order valence-electron chi connectivity index (χ1n) is 8.51. The van der Waals surface area contributed by atoms with E-state index in [9.17, 15) is 14.7 Å². The third-order valence-corrected chi connectivity index (χ3v) is 4.55. The fraction of sp³-hybridized carbons (Fsp3) is 0.556. The zero-order chi connectivity index (χ0) is 18.4. The van der Waals surface area contributed by atoms with Gasteiger partial charge in [0.05, 0.1) is 6.04 Å². The molecule has 0 bridgehead atoms. The molecule has 1 heterocycles. The van der Waals surface area contributed by atoms with Crippen LogP contribution in [0.3, 0.4) is 0 Å². The number of halogens is 1. The summed E-state index contributed by atoms with van der Waals surface area (Å²) in [5, 5.41) is 16.6. The molecule has 1 aromatic carbocycles. The lowest BCUT2D eigenvalue weighted by Crippen LogP contribution is -2.53. The number of hydrogen-bond acceptors (Lipinski definition) is 5. The summed E-state index contributed by atoms with van der Waals surface area (Å²) in [6.07, 6.45) is -0.142. The van der Waals surface area contributed by atoms with Crippen molar-refractivity contribution in [2.24, 2.45) is 5.92 Å². The van der Waals surface area contributed by atoms with E-state index in [1.54, 1.807) is 24.3 Å². The molecule has 3 N–H and O–H groups in total. The number of Topliss-reactive ketones (excluding diaryl/α,β-unsaturated/α-hetero) is 1. The van der Waals surface area contributed by atoms with Gasteiger partial charge in [0.15, 0.2) is 5.78 Å². The molecule has 6 nitrogen and oxygen atoms in total. The number of carbonyl (C=O) groups is 2. The first-order chi connectivity index (χ1) is 11.9. The second kappa shape index (κ2) is 9.17. The van der Waals surface area contributed by atoms with Crippen molar-refractivity contribution >= 4 is 23.5 Å². The Labute approximate surface area is 152 Å². The number of ether oxygens (including phenoxy) is 1. The first-order valence-corrected chi connectivity index (χ1v) is 8.89. The van der Waals surface area contributed by atoms with Crippen LogP contribution < -0.4 is 10.6 Å². The predicted molar refractivity (Wildman–Crippen MR) is 95.4 cm³/mol. The first kappa shape index (κ1) is 19.7. The Bertz CT molecular complexity index is 585. The van der Waals surface area contributed by atoms with E-state index < -0.39 is 24.0 Å². The standard InChI is InChI=1S/C18H25ClN2O4/c1-11(2)15(17(23)16(22)14-4-3-9-20-14)21-18(24)25-10-12-5-7-13(19)8-6-12/h5-8,11,14-16,20,22H,3-4,9-10H2,1-2H3,(H,21,24)/t14-,15-,16?/m0/s1. The van der Waals surface area contributed by atoms with E-state index in [1.165, 1.54) is 0 Å². The van der Waals surface area contributed by atoms with E-state index in [-0.39, 0.29) is 18.6 Å². The monoisotopic (exact) mass is 368 g/mol. The van der Waals surface area contributed by atoms with Crippen LogP contribution in [0.5, 0.6) is 0 Å². The van der Waals surface area contributed by atoms with Gasteiger partial charge in [0, 0.05) is 11.1 Å². The van der Waals surface area contributed by atoms with Crippen molar-refractivity contribution in [2.45, 2.75) is 51.5 Å². The van der Waals surface area contributed by atoms with Gasteiger partial charge in [-0.25, -0.2) is 4.79 Å². The van der Waals surface area contributed by atoms with Gasteiger partial charge in [0.25, 0.3) is 0 Å². The fourth-order valence-corrected chi connectivity index (χ4v) is 2.95. The van der Waals surface area contributed by atoms with Crippen LogP contribution in [0.1, 0.15) is 32.3 Å². The minimum Gasteiger partial charge on any atom is -0.445 e. The number of hydrogen-bond donors (Lipinski definition) is 3. The van der Waals surface area contributed by atoms with E-state index in [1.807, 2.05) is 13.8 Å². The number of aliphatic hydroxyl groups is 1. The Morgan fingerprint density at radius 1 is 1.36 bits per heavy atom. The Kier molecular flexibility index (Phi) is 7.23. The van der Waals surface area contributed by atoms with Gasteiger partial charge in [0.1, 0.15) is 12.7 Å². The van der Waals surface area contributed by atoms with E-state index in [0.29, 0.717) is 5.02 Å². The Balaban J connectivity index is 1.89. The average Bonchev–Trinajstić information content (AvgIpc) is 3.12. The topological polar surface area (TPSA) is 87.7 Å². The van der Waals surface area contributed by atoms with Gasteiger partial charge in [-0.05, 0) is 43.0 Å². The predicted octanol–water partition coefficient (Wildman–Crippen LogP) is 2.27. The van der Waals surface area contributed by atoms with E-state index >= 15 is 0 Å². The molecule has 1 aliphatic rings. The number of ketones is 1. The number of aliphatic hydroxyl groups excluding tert-OH is 1. The molecule has 1 aliphatic heterocycles. The molecule has 1 unspecified atom stereocenters. The largest absolute Gasteiger partial charge is 0.445 e. The smallest absolute Gasteiger partial charge is 0.408 e. The maximum absolute atomic E-state index is 12.5. The molecular formula is C18H25ClN2O4. The summed E-state index contributed by atoms with van der Waals surface area (Å²) in [5.41, 5.74) is 0.794. The zero-order valence-corrected chi connectivity index (χ0v) is 15.3. The van der Waals surface area contributed by atoms with Crippen LogP contribution in [0.4, 0.5) is 4.79 Å². The van der Waals surface area contributed by atoms with Gasteiger partial charge in [-0.3, -0.25) is 4.79 Å². The molecular weight excluding hydrogens is 344 g/mol. The van der Waals surface area contributed by atoms with Crippen LogP contribution in [0.25, 0.3) is 0 Å². The summed E-state index contributed by atoms with van der Waals surface area (Å²) in [7, 11) is 0. The molecule has 0 radical (unpaired) electrons. The SMILES string of the molecule is CC(C)[C@H](NC(=O)OCc1ccc(Cl)cc1)C(=O)C(O)[C@@H]1CCCN1. The molecule has 25 heavy (non-hydrogen) atoms. The van der Waals surface area contributed by atoms with Gasteiger partial charge >= 0.3 is 6.09 Å². The van der Waals surface area contributed by atoms with Crippen molar-refractivity contribution in [2.75, 3.05) is 6.54 Å². The number of nitrogens with one attached hydrogen (secondary N) is 2. The van der Waals surface area contributed by atoms with Crippen LogP contribution in [0, 0.1) is 5.92 Å². The van der Waals surface area contributed by atoms with Crippen molar-refractivity contribution in [3.63, 3.8) is 0 Å². The lowest BCUT2D eigenvalue weighted by atomic mass is 9.93. The summed E-state index contributed by atoms with van der Waals surface area (Å²) >= 11 is 5.81. The molecule has 0 saturated carbocycles. The van der Waals surface area contributed by atoms with Gasteiger partial charge in [0.2, 0.25) is 0 Å². The molecule has 0 aromatic heterocycles. The minimum atomic E-state index is -1.13. The lowest BCUT2D eigenvalue weighted by Gasteiger charge is -2.26. The lowest BCUT2D eigenvalue weighted by molar-refractivity contribution is -0.131. The van der Waals surface area contributed by atoms with Gasteiger partial charge in [-0.2, -0.15) is 0 Å². The van der Waals surface area contributed by atoms with Crippen molar-refractivity contribution in [3.8, 4) is 0 Å². The molecule has 3 atom stereocenters. The maximum atomic E-state index is 12.5. The quantitative estimate of drug-likeness (QED) is 0.687. The fourth-order valence-electron chi connectivity index (χ4n) is 2.83. The van der Waals surface area contributed by atoms with E-state index in [2.05, 4.69) is 10.6 Å². The molecule has 138 valence electrons. The second-order valence-electron chi connectivity index (χ2n) is 6.62. The van der Waals surface area contributed by atoms with E-state index in [4.69, 9.17) is 16.3 Å². The molecule has 1 aromatic rings. The molecule has 7 heteroatoms. The second-order valence-corrected chi connectivity index (χ2v) is 7.06. The number of rotatable bonds is 7. The van der Waals surface area contributed by atoms with Gasteiger partial charge < -0.3 is 20.5 Å². The highest BCUT2D eigenvalue weighted by molar-refractivity contribution is 6.30. The summed E-state index contributed by atoms with van der Waals surface area (Å²) in [5.74, 6) is -0.551. The number of amides is 1. The van der Waals surface area contributed by atoms with E-state index in [0.717, 1.165) is 24.9 Å².